The molecule has 3 heterocycles. The highest BCUT2D eigenvalue weighted by atomic mass is 19.1. The third kappa shape index (κ3) is 3.16. The number of nitriles is 1. The maximum absolute atomic E-state index is 13.6. The summed E-state index contributed by atoms with van der Waals surface area (Å²) < 4.78 is 13.6. The molecular formula is C20H18FN5. The van der Waals surface area contributed by atoms with Crippen LogP contribution in [0.15, 0.2) is 48.7 Å². The molecule has 0 atom stereocenters. The molecule has 1 aliphatic heterocycles. The van der Waals surface area contributed by atoms with Crippen molar-refractivity contribution in [2.24, 2.45) is 0 Å². The lowest BCUT2D eigenvalue weighted by Crippen LogP contribution is -2.33. The third-order valence-electron chi connectivity index (χ3n) is 4.88. The van der Waals surface area contributed by atoms with Gasteiger partial charge in [-0.3, -0.25) is 5.10 Å². The summed E-state index contributed by atoms with van der Waals surface area (Å²) in [7, 11) is 0. The maximum atomic E-state index is 13.6. The predicted molar refractivity (Wildman–Crippen MR) is 97.1 cm³/mol. The molecule has 1 aromatic carbocycles. The second-order valence-electron chi connectivity index (χ2n) is 6.46. The van der Waals surface area contributed by atoms with Crippen LogP contribution in [0.3, 0.4) is 0 Å². The smallest absolute Gasteiger partial charge is 0.142 e. The maximum Gasteiger partial charge on any atom is 0.142 e. The van der Waals surface area contributed by atoms with Gasteiger partial charge in [-0.1, -0.05) is 18.2 Å². The Morgan fingerprint density at radius 2 is 1.96 bits per heavy atom. The van der Waals surface area contributed by atoms with Crippen LogP contribution in [0.5, 0.6) is 0 Å². The van der Waals surface area contributed by atoms with Gasteiger partial charge in [-0.25, -0.2) is 9.37 Å². The van der Waals surface area contributed by atoms with Gasteiger partial charge in [0.2, 0.25) is 0 Å². The standard InChI is InChI=1S/C20H18FN5/c21-16-4-1-3-15(11-16)18-13-23-25-20(18)14-7-9-26(10-8-14)19-6-2-5-17(12-22)24-19/h1-6,11,13-14H,7-10H2,(H,23,25). The van der Waals surface area contributed by atoms with E-state index >= 15 is 0 Å². The second-order valence-corrected chi connectivity index (χ2v) is 6.46. The zero-order chi connectivity index (χ0) is 17.9. The summed E-state index contributed by atoms with van der Waals surface area (Å²) in [5, 5.41) is 16.3. The molecule has 1 aliphatic rings. The van der Waals surface area contributed by atoms with Gasteiger partial charge in [-0.05, 0) is 42.7 Å². The molecular weight excluding hydrogens is 329 g/mol. The second kappa shape index (κ2) is 6.96. The van der Waals surface area contributed by atoms with Gasteiger partial charge in [0.25, 0.3) is 0 Å². The Labute approximate surface area is 151 Å². The minimum absolute atomic E-state index is 0.243. The van der Waals surface area contributed by atoms with E-state index < -0.39 is 0 Å². The molecule has 1 fully saturated rings. The van der Waals surface area contributed by atoms with Crippen molar-refractivity contribution in [2.45, 2.75) is 18.8 Å². The normalized spacial score (nSPS) is 15.0. The van der Waals surface area contributed by atoms with Crippen LogP contribution in [0.1, 0.15) is 30.1 Å². The van der Waals surface area contributed by atoms with Crippen molar-refractivity contribution in [1.82, 2.24) is 15.2 Å². The number of benzene rings is 1. The molecule has 4 rings (SSSR count). The van der Waals surface area contributed by atoms with E-state index in [1.807, 2.05) is 18.2 Å². The Kier molecular flexibility index (Phi) is 4.36. The minimum Gasteiger partial charge on any atom is -0.357 e. The number of pyridine rings is 1. The van der Waals surface area contributed by atoms with Crippen molar-refractivity contribution in [2.75, 3.05) is 18.0 Å². The fraction of sp³-hybridized carbons (Fsp3) is 0.250. The summed E-state index contributed by atoms with van der Waals surface area (Å²) in [4.78, 5) is 6.58. The number of anilines is 1. The van der Waals surface area contributed by atoms with Gasteiger partial charge >= 0.3 is 0 Å². The van der Waals surface area contributed by atoms with Gasteiger partial charge in [0.15, 0.2) is 0 Å². The van der Waals surface area contributed by atoms with Crippen molar-refractivity contribution in [3.63, 3.8) is 0 Å². The van der Waals surface area contributed by atoms with Crippen molar-refractivity contribution in [1.29, 1.82) is 5.26 Å². The van der Waals surface area contributed by atoms with Crippen molar-refractivity contribution in [3.8, 4) is 17.2 Å². The molecule has 0 unspecified atom stereocenters. The van der Waals surface area contributed by atoms with E-state index in [1.165, 1.54) is 6.07 Å². The first-order valence-electron chi connectivity index (χ1n) is 8.66. The third-order valence-corrected chi connectivity index (χ3v) is 4.88. The summed E-state index contributed by atoms with van der Waals surface area (Å²) >= 11 is 0. The minimum atomic E-state index is -0.243. The van der Waals surface area contributed by atoms with Crippen LogP contribution in [-0.4, -0.2) is 28.3 Å². The Hall–Kier alpha value is -3.20. The van der Waals surface area contributed by atoms with E-state index in [9.17, 15) is 4.39 Å². The number of hydrogen-bond acceptors (Lipinski definition) is 4. The molecule has 5 nitrogen and oxygen atoms in total. The molecule has 2 aromatic heterocycles. The zero-order valence-corrected chi connectivity index (χ0v) is 14.2. The quantitative estimate of drug-likeness (QED) is 0.781. The van der Waals surface area contributed by atoms with Gasteiger partial charge in [0.1, 0.15) is 23.4 Å². The first-order chi connectivity index (χ1) is 12.7. The van der Waals surface area contributed by atoms with Crippen LogP contribution in [-0.2, 0) is 0 Å². The number of rotatable bonds is 3. The van der Waals surface area contributed by atoms with Crippen LogP contribution in [0.4, 0.5) is 10.2 Å². The lowest BCUT2D eigenvalue weighted by Gasteiger charge is -2.32. The Balaban J connectivity index is 1.51. The largest absolute Gasteiger partial charge is 0.357 e. The molecule has 26 heavy (non-hydrogen) atoms. The fourth-order valence-electron chi connectivity index (χ4n) is 3.55. The van der Waals surface area contributed by atoms with Crippen LogP contribution < -0.4 is 4.90 Å². The van der Waals surface area contributed by atoms with Crippen LogP contribution in [0.25, 0.3) is 11.1 Å². The Morgan fingerprint density at radius 1 is 1.15 bits per heavy atom. The van der Waals surface area contributed by atoms with E-state index in [2.05, 4.69) is 26.2 Å². The summed E-state index contributed by atoms with van der Waals surface area (Å²) in [5.41, 5.74) is 3.31. The number of aromatic amines is 1. The van der Waals surface area contributed by atoms with Gasteiger partial charge < -0.3 is 4.90 Å². The molecule has 6 heteroatoms. The summed E-state index contributed by atoms with van der Waals surface area (Å²) in [6, 6.07) is 14.2. The van der Waals surface area contributed by atoms with Crippen LogP contribution in [0.2, 0.25) is 0 Å². The highest BCUT2D eigenvalue weighted by Crippen LogP contribution is 2.34. The first-order valence-corrected chi connectivity index (χ1v) is 8.66. The number of nitrogens with zero attached hydrogens (tertiary/aromatic N) is 4. The SMILES string of the molecule is N#Cc1cccc(N2CCC(c3[nH]ncc3-c3cccc(F)c3)CC2)n1. The lowest BCUT2D eigenvalue weighted by molar-refractivity contribution is 0.494. The zero-order valence-electron chi connectivity index (χ0n) is 14.2. The van der Waals surface area contributed by atoms with Gasteiger partial charge in [-0.15, -0.1) is 0 Å². The molecule has 0 bridgehead atoms. The van der Waals surface area contributed by atoms with Gasteiger partial charge in [-0.2, -0.15) is 10.4 Å². The highest BCUT2D eigenvalue weighted by molar-refractivity contribution is 5.66. The molecule has 0 radical (unpaired) electrons. The highest BCUT2D eigenvalue weighted by Gasteiger charge is 2.25. The van der Waals surface area contributed by atoms with Crippen LogP contribution >= 0.6 is 0 Å². The van der Waals surface area contributed by atoms with Crippen LogP contribution in [0, 0.1) is 17.1 Å². The predicted octanol–water partition coefficient (Wildman–Crippen LogP) is 3.87. The van der Waals surface area contributed by atoms with Crippen molar-refractivity contribution in [3.05, 3.63) is 65.9 Å². The summed E-state index contributed by atoms with van der Waals surface area (Å²) in [5.74, 6) is 0.941. The van der Waals surface area contributed by atoms with Gasteiger partial charge in [0.05, 0.1) is 6.20 Å². The molecule has 0 amide bonds. The Bertz CT molecular complexity index is 951. The summed E-state index contributed by atoms with van der Waals surface area (Å²) in [6.07, 6.45) is 3.67. The lowest BCUT2D eigenvalue weighted by atomic mass is 9.89. The topological polar surface area (TPSA) is 68.6 Å². The number of hydrogen-bond donors (Lipinski definition) is 1. The molecule has 0 aliphatic carbocycles. The summed E-state index contributed by atoms with van der Waals surface area (Å²) in [6.45, 7) is 1.71. The average molecular weight is 347 g/mol. The van der Waals surface area contributed by atoms with Crippen molar-refractivity contribution < 1.29 is 4.39 Å². The molecule has 0 saturated carbocycles. The number of halogens is 1. The van der Waals surface area contributed by atoms with E-state index in [-0.39, 0.29) is 5.82 Å². The Morgan fingerprint density at radius 3 is 2.73 bits per heavy atom. The molecule has 0 spiro atoms. The monoisotopic (exact) mass is 347 g/mol. The number of nitrogens with one attached hydrogen (secondary N) is 1. The number of H-pyrrole nitrogens is 1. The molecule has 3 aromatic rings. The van der Waals surface area contributed by atoms with Crippen molar-refractivity contribution >= 4 is 5.82 Å². The van der Waals surface area contributed by atoms with E-state index in [1.54, 1.807) is 24.4 Å². The van der Waals surface area contributed by atoms with Gasteiger partial charge in [0, 0.05) is 30.3 Å². The van der Waals surface area contributed by atoms with E-state index in [4.69, 9.17) is 5.26 Å². The molecule has 1 saturated heterocycles. The first kappa shape index (κ1) is 16.3. The fourth-order valence-corrected chi connectivity index (χ4v) is 3.55. The van der Waals surface area contributed by atoms with E-state index in [0.29, 0.717) is 11.6 Å². The molecule has 130 valence electrons. The molecule has 1 N–H and O–H groups in total. The average Bonchev–Trinajstić information content (AvgIpc) is 3.18. The number of aromatic nitrogens is 3. The number of piperidine rings is 1. The van der Waals surface area contributed by atoms with E-state index in [0.717, 1.165) is 48.6 Å².